The van der Waals surface area contributed by atoms with Crippen molar-refractivity contribution in [3.05, 3.63) is 0 Å². The van der Waals surface area contributed by atoms with E-state index >= 15 is 0 Å². The van der Waals surface area contributed by atoms with E-state index in [9.17, 15) is 24.0 Å². The summed E-state index contributed by atoms with van der Waals surface area (Å²) < 4.78 is 0. The highest BCUT2D eigenvalue weighted by Crippen LogP contribution is 2.05. The number of aliphatic imine (C=N–C) groups is 1. The number of nitrogens with zero attached hydrogens (tertiary/aromatic N) is 1. The first-order chi connectivity index (χ1) is 15.9. The summed E-state index contributed by atoms with van der Waals surface area (Å²) >= 11 is 0. The SMILES string of the molecule is C[C@H](NC(=O)[C@H](CC(N)=O)NC(=O)[C@H](CCCCN)NC(=O)[C@@H](N)CCCN=C(N)N)C(=O)O. The number of carbonyl (C=O) groups excluding carboxylic acids is 4. The molecule has 0 heterocycles. The average molecular weight is 488 g/mol. The van der Waals surface area contributed by atoms with Crippen LogP contribution in [0.5, 0.6) is 0 Å². The van der Waals surface area contributed by atoms with Crippen molar-refractivity contribution in [3.63, 3.8) is 0 Å². The van der Waals surface area contributed by atoms with E-state index in [2.05, 4.69) is 20.9 Å². The lowest BCUT2D eigenvalue weighted by atomic mass is 10.1. The van der Waals surface area contributed by atoms with Gasteiger partial charge in [-0.25, -0.2) is 0 Å². The molecule has 194 valence electrons. The van der Waals surface area contributed by atoms with Crippen molar-refractivity contribution in [1.29, 1.82) is 0 Å². The molecule has 0 bridgehead atoms. The molecule has 0 radical (unpaired) electrons. The van der Waals surface area contributed by atoms with Gasteiger partial charge >= 0.3 is 5.97 Å². The molecule has 0 saturated heterocycles. The van der Waals surface area contributed by atoms with Crippen LogP contribution < -0.4 is 44.6 Å². The van der Waals surface area contributed by atoms with Crippen LogP contribution in [-0.4, -0.2) is 77.9 Å². The molecule has 0 rings (SSSR count). The number of carboxylic acids is 1. The number of carboxylic acid groups (broad SMARTS) is 1. The molecule has 15 heteroatoms. The van der Waals surface area contributed by atoms with Crippen molar-refractivity contribution in [2.45, 2.75) is 69.6 Å². The van der Waals surface area contributed by atoms with Crippen molar-refractivity contribution < 1.29 is 29.1 Å². The second-order valence-corrected chi connectivity index (χ2v) is 7.70. The van der Waals surface area contributed by atoms with Crippen LogP contribution in [0.15, 0.2) is 4.99 Å². The van der Waals surface area contributed by atoms with Gasteiger partial charge in [0.1, 0.15) is 18.1 Å². The number of hydrogen-bond acceptors (Lipinski definition) is 8. The van der Waals surface area contributed by atoms with Crippen LogP contribution in [0.3, 0.4) is 0 Å². The number of nitrogens with two attached hydrogens (primary N) is 5. The smallest absolute Gasteiger partial charge is 0.325 e. The predicted molar refractivity (Wildman–Crippen MR) is 124 cm³/mol. The second kappa shape index (κ2) is 16.2. The van der Waals surface area contributed by atoms with Crippen molar-refractivity contribution in [1.82, 2.24) is 16.0 Å². The number of amides is 4. The van der Waals surface area contributed by atoms with Crippen molar-refractivity contribution in [2.24, 2.45) is 33.7 Å². The first kappa shape index (κ1) is 30.5. The fourth-order valence-electron chi connectivity index (χ4n) is 2.75. The largest absolute Gasteiger partial charge is 0.480 e. The first-order valence-electron chi connectivity index (χ1n) is 10.8. The van der Waals surface area contributed by atoms with E-state index in [-0.39, 0.29) is 25.3 Å². The molecular weight excluding hydrogens is 450 g/mol. The van der Waals surface area contributed by atoms with Gasteiger partial charge in [0.15, 0.2) is 5.96 Å². The summed E-state index contributed by atoms with van der Waals surface area (Å²) in [6.45, 7) is 1.86. The van der Waals surface area contributed by atoms with E-state index in [0.717, 1.165) is 0 Å². The molecule has 0 saturated carbocycles. The molecule has 34 heavy (non-hydrogen) atoms. The highest BCUT2D eigenvalue weighted by atomic mass is 16.4. The molecule has 14 N–H and O–H groups in total. The van der Waals surface area contributed by atoms with Crippen LogP contribution in [0.2, 0.25) is 0 Å². The Morgan fingerprint density at radius 1 is 0.853 bits per heavy atom. The highest BCUT2D eigenvalue weighted by molar-refractivity contribution is 5.96. The van der Waals surface area contributed by atoms with Crippen molar-refractivity contribution in [3.8, 4) is 0 Å². The zero-order valence-corrected chi connectivity index (χ0v) is 19.3. The number of unbranched alkanes of at least 4 members (excludes halogenated alkanes) is 1. The molecule has 0 fully saturated rings. The molecule has 0 aromatic rings. The van der Waals surface area contributed by atoms with Gasteiger partial charge in [-0.3, -0.25) is 29.0 Å². The minimum Gasteiger partial charge on any atom is -0.480 e. The Hall–Kier alpha value is -3.46. The molecule has 15 nitrogen and oxygen atoms in total. The Bertz CT molecular complexity index is 742. The Morgan fingerprint density at radius 3 is 1.97 bits per heavy atom. The minimum absolute atomic E-state index is 0.0815. The summed E-state index contributed by atoms with van der Waals surface area (Å²) in [4.78, 5) is 63.9. The number of hydrogen-bond donors (Lipinski definition) is 9. The molecule has 0 unspecified atom stereocenters. The maximum atomic E-state index is 12.9. The number of primary amides is 1. The van der Waals surface area contributed by atoms with Gasteiger partial charge in [-0.05, 0) is 45.6 Å². The fourth-order valence-corrected chi connectivity index (χ4v) is 2.75. The highest BCUT2D eigenvalue weighted by Gasteiger charge is 2.30. The van der Waals surface area contributed by atoms with Crippen LogP contribution in [0.1, 0.15) is 45.4 Å². The molecule has 0 aliphatic carbocycles. The third-order valence-corrected chi connectivity index (χ3v) is 4.65. The third-order valence-electron chi connectivity index (χ3n) is 4.65. The van der Waals surface area contributed by atoms with Crippen molar-refractivity contribution >= 4 is 35.6 Å². The molecular formula is C19H37N9O6. The molecule has 0 aromatic carbocycles. The predicted octanol–water partition coefficient (Wildman–Crippen LogP) is -4.07. The lowest BCUT2D eigenvalue weighted by molar-refractivity contribution is -0.142. The monoisotopic (exact) mass is 487 g/mol. The van der Waals surface area contributed by atoms with Gasteiger partial charge in [0, 0.05) is 6.54 Å². The van der Waals surface area contributed by atoms with Crippen LogP contribution >= 0.6 is 0 Å². The van der Waals surface area contributed by atoms with E-state index < -0.39 is 60.2 Å². The molecule has 0 spiro atoms. The molecule has 0 aliphatic heterocycles. The lowest BCUT2D eigenvalue weighted by Gasteiger charge is -2.24. The van der Waals surface area contributed by atoms with Crippen LogP contribution in [0, 0.1) is 0 Å². The van der Waals surface area contributed by atoms with E-state index in [1.807, 2.05) is 0 Å². The van der Waals surface area contributed by atoms with Gasteiger partial charge in [0.05, 0.1) is 12.5 Å². The van der Waals surface area contributed by atoms with Gasteiger partial charge < -0.3 is 49.7 Å². The lowest BCUT2D eigenvalue weighted by Crippen LogP contribution is -2.57. The van der Waals surface area contributed by atoms with Crippen LogP contribution in [0.25, 0.3) is 0 Å². The second-order valence-electron chi connectivity index (χ2n) is 7.70. The van der Waals surface area contributed by atoms with Gasteiger partial charge in [0.25, 0.3) is 0 Å². The molecule has 0 aliphatic rings. The summed E-state index contributed by atoms with van der Waals surface area (Å²) in [7, 11) is 0. The van der Waals surface area contributed by atoms with E-state index in [4.69, 9.17) is 33.8 Å². The summed E-state index contributed by atoms with van der Waals surface area (Å²) in [5, 5.41) is 16.0. The van der Waals surface area contributed by atoms with Crippen LogP contribution in [0.4, 0.5) is 0 Å². The third kappa shape index (κ3) is 13.2. The molecule has 4 amide bonds. The number of nitrogens with one attached hydrogen (secondary N) is 3. The fraction of sp³-hybridized carbons (Fsp3) is 0.684. The zero-order chi connectivity index (χ0) is 26.3. The van der Waals surface area contributed by atoms with E-state index in [1.165, 1.54) is 6.92 Å². The summed E-state index contributed by atoms with van der Waals surface area (Å²) in [5.74, 6) is -4.56. The Kier molecular flexibility index (Phi) is 14.6. The normalized spacial score (nSPS) is 14.1. The van der Waals surface area contributed by atoms with Gasteiger partial charge in [0.2, 0.25) is 23.6 Å². The summed E-state index contributed by atoms with van der Waals surface area (Å²) in [6, 6.07) is -4.73. The average Bonchev–Trinajstić information content (AvgIpc) is 2.74. The Labute approximate surface area is 197 Å². The number of aliphatic carboxylic acids is 1. The first-order valence-corrected chi connectivity index (χ1v) is 10.8. The van der Waals surface area contributed by atoms with E-state index in [0.29, 0.717) is 25.8 Å². The maximum absolute atomic E-state index is 12.9. The number of carbonyl (C=O) groups is 5. The molecule has 4 atom stereocenters. The molecule has 0 aromatic heterocycles. The van der Waals surface area contributed by atoms with E-state index in [1.54, 1.807) is 0 Å². The van der Waals surface area contributed by atoms with Crippen molar-refractivity contribution in [2.75, 3.05) is 13.1 Å². The number of guanidine groups is 1. The van der Waals surface area contributed by atoms with Gasteiger partial charge in [-0.2, -0.15) is 0 Å². The maximum Gasteiger partial charge on any atom is 0.325 e. The quantitative estimate of drug-likeness (QED) is 0.0543. The standard InChI is InChI=1S/C19H37N9O6/c1-10(18(33)34)26-17(32)13(9-14(22)29)28-16(31)12(6-2-3-7-20)27-15(30)11(21)5-4-8-25-19(23)24/h10-13H,2-9,20-21H2,1H3,(H2,22,29)(H,26,32)(H,27,30)(H,28,31)(H,33,34)(H4,23,24,25)/t10-,11-,12-,13-/m0/s1. The summed E-state index contributed by atoms with van der Waals surface area (Å²) in [5.41, 5.74) is 27.0. The topological polar surface area (TPSA) is 284 Å². The number of rotatable bonds is 17. The Morgan fingerprint density at radius 2 is 1.44 bits per heavy atom. The Balaban J connectivity index is 5.28. The summed E-state index contributed by atoms with van der Waals surface area (Å²) in [6.07, 6.45) is 1.35. The zero-order valence-electron chi connectivity index (χ0n) is 19.3. The van der Waals surface area contributed by atoms with Gasteiger partial charge in [-0.15, -0.1) is 0 Å². The van der Waals surface area contributed by atoms with Gasteiger partial charge in [-0.1, -0.05) is 0 Å². The minimum atomic E-state index is -1.44. The van der Waals surface area contributed by atoms with Crippen LogP contribution in [-0.2, 0) is 24.0 Å².